The molecule has 1 saturated heterocycles. The first kappa shape index (κ1) is 109. The number of ether oxygens (including phenoxy) is 6. The standard InChI is InChI=1S/C105H176N2O15Si/c1-10-16-22-28-34-37-43-46-57-69-87(118-97(110)76-64-49-40-31-25-19-13-4)81-95(108)106-92(104(115)116-84-86-67-55-52-56-68-86)79-80-93-101(107-96(109)82-88(70-58-47-44-38-35-29-23-17-11-2)119-98(111)77-65-50-41-32-26-20-14-5)103(102(114)94(121-93)85-117-123(105(7,8)9,90-72-60-53-61-73-90)91-74-62-54-63-75-91)122-100(113)83-89(71-59-48-45-39-36-30-24-18-12-3)120-99(112)78-66-51-42-33-27-21-15-6/h52-56,60-63,67-68,72-75,87-89,92-94,101-103,114H,10-51,57-59,64-66,69-71,76-85H2,1-9H3,(H,106,108)(H,107,109)/t87-,88-,89-,92+,93+,94-,101+,102-,103-/m1/s1. The molecule has 0 spiro atoms. The van der Waals surface area contributed by atoms with Crippen molar-refractivity contribution in [1.29, 1.82) is 0 Å². The molecule has 3 N–H and O–H groups in total. The van der Waals surface area contributed by atoms with Crippen molar-refractivity contribution in [2.75, 3.05) is 6.61 Å². The Morgan fingerprint density at radius 3 is 1.07 bits per heavy atom. The number of carbonyl (C=O) groups excluding carboxylic acids is 7. The molecule has 2 amide bonds. The van der Waals surface area contributed by atoms with Gasteiger partial charge < -0.3 is 48.6 Å². The van der Waals surface area contributed by atoms with E-state index in [0.717, 1.165) is 196 Å². The molecule has 123 heavy (non-hydrogen) atoms. The zero-order chi connectivity index (χ0) is 89.1. The van der Waals surface area contributed by atoms with Crippen molar-refractivity contribution in [1.82, 2.24) is 10.6 Å². The van der Waals surface area contributed by atoms with E-state index in [9.17, 15) is 19.5 Å². The highest BCUT2D eigenvalue weighted by atomic mass is 28.4. The van der Waals surface area contributed by atoms with E-state index in [0.29, 0.717) is 44.9 Å². The molecular formula is C105H176N2O15Si. The highest BCUT2D eigenvalue weighted by molar-refractivity contribution is 6.99. The fourth-order valence-electron chi connectivity index (χ4n) is 17.5. The van der Waals surface area contributed by atoms with E-state index in [1.807, 2.05) is 66.7 Å². The molecule has 4 rings (SSSR count). The molecule has 18 heteroatoms. The van der Waals surface area contributed by atoms with Crippen molar-refractivity contribution in [3.8, 4) is 0 Å². The normalized spacial score (nSPS) is 16.4. The molecule has 9 atom stereocenters. The maximum atomic E-state index is 15.6. The third kappa shape index (κ3) is 49.3. The van der Waals surface area contributed by atoms with Crippen LogP contribution in [-0.4, -0.2) is 117 Å². The van der Waals surface area contributed by atoms with Gasteiger partial charge in [-0.1, -0.05) is 423 Å². The Bertz CT molecular complexity index is 3110. The molecule has 0 unspecified atom stereocenters. The number of aliphatic hydroxyl groups is 1. The first-order valence-corrected chi connectivity index (χ1v) is 52.4. The summed E-state index contributed by atoms with van der Waals surface area (Å²) in [7, 11) is -3.41. The third-order valence-electron chi connectivity index (χ3n) is 24.8. The quantitative estimate of drug-likeness (QED) is 0.0207. The Labute approximate surface area is 749 Å². The van der Waals surface area contributed by atoms with Gasteiger partial charge in [0.15, 0.2) is 6.10 Å². The molecule has 0 bridgehead atoms. The monoisotopic (exact) mass is 1730 g/mol. The molecule has 1 fully saturated rings. The summed E-state index contributed by atoms with van der Waals surface area (Å²) in [4.78, 5) is 103. The van der Waals surface area contributed by atoms with Gasteiger partial charge in [0.2, 0.25) is 11.8 Å². The van der Waals surface area contributed by atoms with Gasteiger partial charge in [-0.2, -0.15) is 0 Å². The van der Waals surface area contributed by atoms with Crippen molar-refractivity contribution in [3.63, 3.8) is 0 Å². The van der Waals surface area contributed by atoms with E-state index in [1.54, 1.807) is 0 Å². The minimum atomic E-state index is -3.41. The van der Waals surface area contributed by atoms with Gasteiger partial charge in [-0.05, 0) is 91.6 Å². The highest BCUT2D eigenvalue weighted by Crippen LogP contribution is 2.39. The van der Waals surface area contributed by atoms with Crippen LogP contribution in [0.5, 0.6) is 0 Å². The number of hydrogen-bond acceptors (Lipinski definition) is 15. The van der Waals surface area contributed by atoms with Crippen LogP contribution >= 0.6 is 0 Å². The summed E-state index contributed by atoms with van der Waals surface area (Å²) in [5.74, 6) is -3.65. The van der Waals surface area contributed by atoms with E-state index >= 15 is 19.2 Å². The van der Waals surface area contributed by atoms with Crippen LogP contribution in [0.15, 0.2) is 91.0 Å². The molecule has 0 aromatic heterocycles. The van der Waals surface area contributed by atoms with Crippen LogP contribution in [0.3, 0.4) is 0 Å². The molecule has 1 aliphatic rings. The predicted octanol–water partition coefficient (Wildman–Crippen LogP) is 25.2. The second-order valence-electron chi connectivity index (χ2n) is 36.9. The average Bonchev–Trinajstić information content (AvgIpc) is 0.743. The number of nitrogens with one attached hydrogen (secondary N) is 2. The molecule has 1 heterocycles. The lowest BCUT2D eigenvalue weighted by molar-refractivity contribution is -0.212. The van der Waals surface area contributed by atoms with Crippen LogP contribution < -0.4 is 21.0 Å². The first-order valence-electron chi connectivity index (χ1n) is 50.5. The number of benzene rings is 3. The van der Waals surface area contributed by atoms with Gasteiger partial charge in [0.05, 0.1) is 38.0 Å². The van der Waals surface area contributed by atoms with Crippen LogP contribution in [0.2, 0.25) is 5.04 Å². The summed E-state index contributed by atoms with van der Waals surface area (Å²) in [6.07, 6.45) is 43.6. The number of carbonyl (C=O) groups is 7. The number of aliphatic hydroxyl groups excluding tert-OH is 1. The predicted molar refractivity (Wildman–Crippen MR) is 504 cm³/mol. The second-order valence-corrected chi connectivity index (χ2v) is 41.2. The lowest BCUT2D eigenvalue weighted by atomic mass is 9.89. The Morgan fingerprint density at radius 2 is 0.715 bits per heavy atom. The first-order chi connectivity index (χ1) is 59.8. The van der Waals surface area contributed by atoms with Crippen molar-refractivity contribution in [2.45, 2.75) is 508 Å². The molecule has 0 radical (unpaired) electrons. The number of unbranched alkanes of at least 4 members (excludes halogenated alkanes) is 42. The molecular weight excluding hydrogens is 1560 g/mol. The summed E-state index contributed by atoms with van der Waals surface area (Å²) < 4.78 is 46.7. The van der Waals surface area contributed by atoms with Crippen molar-refractivity contribution in [3.05, 3.63) is 96.6 Å². The SMILES string of the molecule is CCCCCCCCCCC[C@H](CC(=O)N[C@@H]1[C@@H](OC(=O)C[C@@H](CCCCCCCCCCC)OC(=O)CCCCCCCCC)[C@H](O)[C@@H](CO[Si](c2ccccc2)(c2ccccc2)C(C)(C)C)O[C@H]1CC[C@H](NC(=O)C[C@@H](CCCCCCCCCCC)OC(=O)CCCCCCCCC)C(=O)OCc1ccccc1)OC(=O)CCCCCCCCC. The van der Waals surface area contributed by atoms with E-state index in [2.05, 4.69) is 97.2 Å². The van der Waals surface area contributed by atoms with Gasteiger partial charge >= 0.3 is 29.8 Å². The van der Waals surface area contributed by atoms with Gasteiger partial charge in [0, 0.05) is 19.3 Å². The molecule has 700 valence electrons. The number of rotatable bonds is 77. The van der Waals surface area contributed by atoms with Gasteiger partial charge in [-0.3, -0.25) is 28.8 Å². The molecule has 3 aromatic rings. The summed E-state index contributed by atoms with van der Waals surface area (Å²) in [5, 5.41) is 21.2. The van der Waals surface area contributed by atoms with Crippen LogP contribution in [0.4, 0.5) is 0 Å². The summed E-state index contributed by atoms with van der Waals surface area (Å²) in [6.45, 7) is 19.4. The Kier molecular flexibility index (Phi) is 62.3. The van der Waals surface area contributed by atoms with Gasteiger partial charge in [-0.15, -0.1) is 0 Å². The fourth-order valence-corrected chi connectivity index (χ4v) is 22.0. The average molecular weight is 1730 g/mol. The minimum absolute atomic E-state index is 0.0884. The Balaban J connectivity index is 1.92. The molecule has 0 aliphatic carbocycles. The van der Waals surface area contributed by atoms with Gasteiger partial charge in [-0.25, -0.2) is 4.79 Å². The zero-order valence-corrected chi connectivity index (χ0v) is 80.2. The zero-order valence-electron chi connectivity index (χ0n) is 79.2. The van der Waals surface area contributed by atoms with Crippen LogP contribution in [0, 0.1) is 0 Å². The summed E-state index contributed by atoms with van der Waals surface area (Å²) >= 11 is 0. The highest BCUT2D eigenvalue weighted by Gasteiger charge is 2.54. The molecule has 3 aromatic carbocycles. The van der Waals surface area contributed by atoms with E-state index in [1.165, 1.54) is 103 Å². The lowest BCUT2D eigenvalue weighted by Crippen LogP contribution is -2.69. The van der Waals surface area contributed by atoms with Gasteiger partial charge in [0.1, 0.15) is 43.2 Å². The fraction of sp³-hybridized carbons (Fsp3) is 0.762. The Hall–Kier alpha value is -5.95. The third-order valence-corrected chi connectivity index (χ3v) is 29.8. The number of hydrogen-bond donors (Lipinski definition) is 3. The summed E-state index contributed by atoms with van der Waals surface area (Å²) in [5.41, 5.74) is 0.725. The molecule has 17 nitrogen and oxygen atoms in total. The van der Waals surface area contributed by atoms with Crippen molar-refractivity contribution >= 4 is 60.4 Å². The number of amides is 2. The van der Waals surface area contributed by atoms with Crippen molar-refractivity contribution < 1.29 is 71.5 Å². The maximum absolute atomic E-state index is 15.6. The topological polar surface area (TPSA) is 228 Å². The Morgan fingerprint density at radius 1 is 0.390 bits per heavy atom. The second kappa shape index (κ2) is 70.1. The van der Waals surface area contributed by atoms with Crippen molar-refractivity contribution in [2.24, 2.45) is 0 Å². The van der Waals surface area contributed by atoms with Crippen LogP contribution in [-0.2, 0) is 73.0 Å². The van der Waals surface area contributed by atoms with E-state index in [4.69, 9.17) is 32.8 Å². The van der Waals surface area contributed by atoms with Gasteiger partial charge in [0.25, 0.3) is 8.32 Å². The van der Waals surface area contributed by atoms with E-state index < -0.39 is 91.9 Å². The largest absolute Gasteiger partial charge is 0.462 e. The smallest absolute Gasteiger partial charge is 0.328 e. The maximum Gasteiger partial charge on any atom is 0.328 e. The summed E-state index contributed by atoms with van der Waals surface area (Å²) in [6, 6.07) is 26.9. The minimum Gasteiger partial charge on any atom is -0.462 e. The number of esters is 5. The van der Waals surface area contributed by atoms with Crippen LogP contribution in [0.25, 0.3) is 0 Å². The lowest BCUT2D eigenvalue weighted by Gasteiger charge is -2.47. The van der Waals surface area contributed by atoms with Crippen LogP contribution in [0.1, 0.15) is 447 Å². The molecule has 0 saturated carbocycles. The van der Waals surface area contributed by atoms with E-state index in [-0.39, 0.29) is 82.5 Å². The molecule has 1 aliphatic heterocycles.